The second-order valence-corrected chi connectivity index (χ2v) is 1.92. The van der Waals surface area contributed by atoms with Gasteiger partial charge < -0.3 is 0 Å². The van der Waals surface area contributed by atoms with E-state index in [0.29, 0.717) is 0 Å². The van der Waals surface area contributed by atoms with E-state index in [2.05, 4.69) is 0 Å². The molecule has 1 heteroatoms. The van der Waals surface area contributed by atoms with Crippen LogP contribution in [0.3, 0.4) is 0 Å². The summed E-state index contributed by atoms with van der Waals surface area (Å²) in [6.07, 6.45) is 0. The van der Waals surface area contributed by atoms with Gasteiger partial charge in [-0.1, -0.05) is 0 Å². The van der Waals surface area contributed by atoms with Gasteiger partial charge in [0.1, 0.15) is 0 Å². The van der Waals surface area contributed by atoms with Crippen molar-refractivity contribution >= 4 is 0 Å². The molecule has 0 aliphatic heterocycles. The van der Waals surface area contributed by atoms with Crippen LogP contribution in [0.5, 0.6) is 0 Å². The van der Waals surface area contributed by atoms with Crippen molar-refractivity contribution < 1.29 is 17.1 Å². The molecule has 0 saturated carbocycles. The zero-order valence-corrected chi connectivity index (χ0v) is 7.23. The maximum absolute atomic E-state index is 2.00. The Morgan fingerprint density at radius 3 is 0.909 bits per heavy atom. The van der Waals surface area contributed by atoms with Crippen LogP contribution in [0, 0.1) is 0 Å². The van der Waals surface area contributed by atoms with E-state index in [-0.39, 0.29) is 17.1 Å². The largest absolute Gasteiger partial charge is 0.214 e. The first-order chi connectivity index (χ1) is 5.00. The molecule has 0 nitrogen and oxygen atoms in total. The third-order valence-electron chi connectivity index (χ3n) is 1.11. The molecule has 0 aliphatic carbocycles. The molecule has 0 atom stereocenters. The summed E-state index contributed by atoms with van der Waals surface area (Å²) in [4.78, 5) is 0. The van der Waals surface area contributed by atoms with E-state index in [1.165, 1.54) is 0 Å². The first-order valence-corrected chi connectivity index (χ1v) is 3.33. The molecule has 2 aromatic rings. The fourth-order valence-corrected chi connectivity index (χ4v) is 0.642. The van der Waals surface area contributed by atoms with Gasteiger partial charge in [-0.3, -0.25) is 0 Å². The SMILES string of the molecule is [Fe].c1cc[cH-]c1.c1cc[cH-]c1. The van der Waals surface area contributed by atoms with Gasteiger partial charge in [0.25, 0.3) is 0 Å². The van der Waals surface area contributed by atoms with Crippen molar-refractivity contribution in [3.8, 4) is 0 Å². The summed E-state index contributed by atoms with van der Waals surface area (Å²) in [6, 6.07) is 20.0. The monoisotopic (exact) mass is 186 g/mol. The van der Waals surface area contributed by atoms with Crippen LogP contribution in [0.15, 0.2) is 60.7 Å². The molecule has 2 aromatic carbocycles. The van der Waals surface area contributed by atoms with Crippen LogP contribution in [0.4, 0.5) is 0 Å². The quantitative estimate of drug-likeness (QED) is 0.438. The molecule has 0 spiro atoms. The van der Waals surface area contributed by atoms with Crippen LogP contribution in [0.2, 0.25) is 0 Å². The number of hydrogen-bond acceptors (Lipinski definition) is 0. The van der Waals surface area contributed by atoms with Crippen LogP contribution in [-0.2, 0) is 17.1 Å². The third-order valence-corrected chi connectivity index (χ3v) is 1.11. The molecule has 60 valence electrons. The van der Waals surface area contributed by atoms with Crippen LogP contribution in [0.1, 0.15) is 0 Å². The molecule has 11 heavy (non-hydrogen) atoms. The summed E-state index contributed by atoms with van der Waals surface area (Å²) in [6.45, 7) is 0. The Balaban J connectivity index is 0.000000167. The molecule has 0 unspecified atom stereocenters. The summed E-state index contributed by atoms with van der Waals surface area (Å²) in [7, 11) is 0. The van der Waals surface area contributed by atoms with Gasteiger partial charge in [0.2, 0.25) is 0 Å². The molecule has 0 aromatic heterocycles. The molecular weight excluding hydrogens is 176 g/mol. The Morgan fingerprint density at radius 1 is 0.545 bits per heavy atom. The first kappa shape index (κ1) is 10.2. The standard InChI is InChI=1S/2C5H5.Fe/c2*1-2-4-5-3-1;/h2*1-5H;/q2*-1;. The number of hydrogen-bond donors (Lipinski definition) is 0. The van der Waals surface area contributed by atoms with Crippen molar-refractivity contribution in [2.75, 3.05) is 0 Å². The second kappa shape index (κ2) is 7.33. The summed E-state index contributed by atoms with van der Waals surface area (Å²) in [5.41, 5.74) is 0. The Bertz CT molecular complexity index is 144. The summed E-state index contributed by atoms with van der Waals surface area (Å²) >= 11 is 0. The van der Waals surface area contributed by atoms with E-state index in [0.717, 1.165) is 0 Å². The first-order valence-electron chi connectivity index (χ1n) is 3.33. The van der Waals surface area contributed by atoms with Crippen molar-refractivity contribution in [2.24, 2.45) is 0 Å². The summed E-state index contributed by atoms with van der Waals surface area (Å²) < 4.78 is 0. The van der Waals surface area contributed by atoms with Crippen LogP contribution in [-0.4, -0.2) is 0 Å². The van der Waals surface area contributed by atoms with E-state index in [1.54, 1.807) is 0 Å². The Morgan fingerprint density at radius 2 is 0.818 bits per heavy atom. The minimum atomic E-state index is 0. The van der Waals surface area contributed by atoms with Crippen LogP contribution >= 0.6 is 0 Å². The van der Waals surface area contributed by atoms with Crippen molar-refractivity contribution in [3.63, 3.8) is 0 Å². The van der Waals surface area contributed by atoms with E-state index >= 15 is 0 Å². The average Bonchev–Trinajstić information content (AvgIpc) is 2.67. The zero-order chi connectivity index (χ0) is 7.07. The maximum atomic E-state index is 2.00. The van der Waals surface area contributed by atoms with E-state index in [4.69, 9.17) is 0 Å². The Kier molecular flexibility index (Phi) is 6.81. The molecule has 0 aliphatic rings. The predicted molar refractivity (Wildman–Crippen MR) is 44.1 cm³/mol. The van der Waals surface area contributed by atoms with Crippen molar-refractivity contribution in [3.05, 3.63) is 60.7 Å². The Hall–Kier alpha value is -0.781. The number of rotatable bonds is 0. The van der Waals surface area contributed by atoms with Crippen molar-refractivity contribution in [2.45, 2.75) is 0 Å². The van der Waals surface area contributed by atoms with Gasteiger partial charge in [-0.2, -0.15) is 36.4 Å². The molecule has 0 amide bonds. The normalized spacial score (nSPS) is 7.27. The van der Waals surface area contributed by atoms with Gasteiger partial charge in [0.05, 0.1) is 0 Å². The smallest absolute Gasteiger partial charge is 0 e. The summed E-state index contributed by atoms with van der Waals surface area (Å²) in [5, 5.41) is 0. The maximum Gasteiger partial charge on any atom is 0 e. The van der Waals surface area contributed by atoms with Gasteiger partial charge in [-0.15, -0.1) is 0 Å². The third kappa shape index (κ3) is 5.65. The average molecular weight is 186 g/mol. The van der Waals surface area contributed by atoms with Gasteiger partial charge >= 0.3 is 0 Å². The second-order valence-electron chi connectivity index (χ2n) is 1.92. The summed E-state index contributed by atoms with van der Waals surface area (Å²) in [5.74, 6) is 0. The fraction of sp³-hybridized carbons (Fsp3) is 0. The topological polar surface area (TPSA) is 0 Å². The van der Waals surface area contributed by atoms with E-state index in [9.17, 15) is 0 Å². The molecule has 0 radical (unpaired) electrons. The van der Waals surface area contributed by atoms with Crippen LogP contribution < -0.4 is 0 Å². The van der Waals surface area contributed by atoms with Crippen LogP contribution in [0.25, 0.3) is 0 Å². The van der Waals surface area contributed by atoms with E-state index in [1.807, 2.05) is 60.7 Å². The fourth-order valence-electron chi connectivity index (χ4n) is 0.642. The minimum absolute atomic E-state index is 0. The predicted octanol–water partition coefficient (Wildman–Crippen LogP) is 2.81. The van der Waals surface area contributed by atoms with E-state index < -0.39 is 0 Å². The minimum Gasteiger partial charge on any atom is -0.214 e. The van der Waals surface area contributed by atoms with Gasteiger partial charge in [-0.05, 0) is 0 Å². The molecule has 0 N–H and O–H groups in total. The van der Waals surface area contributed by atoms with Gasteiger partial charge in [0.15, 0.2) is 0 Å². The molecule has 2 rings (SSSR count). The molecular formula is C10H10Fe-2. The molecule has 0 bridgehead atoms. The Labute approximate surface area is 78.1 Å². The van der Waals surface area contributed by atoms with Crippen molar-refractivity contribution in [1.29, 1.82) is 0 Å². The molecule has 0 saturated heterocycles. The molecule has 0 heterocycles. The zero-order valence-electron chi connectivity index (χ0n) is 6.13. The van der Waals surface area contributed by atoms with Gasteiger partial charge in [-0.25, -0.2) is 24.3 Å². The molecule has 0 fully saturated rings. The van der Waals surface area contributed by atoms with Crippen molar-refractivity contribution in [1.82, 2.24) is 0 Å². The van der Waals surface area contributed by atoms with Gasteiger partial charge in [0, 0.05) is 17.1 Å².